The highest BCUT2D eigenvalue weighted by atomic mass is 19.4. The average Bonchev–Trinajstić information content (AvgIpc) is 3.41. The minimum atomic E-state index is -4.24. The van der Waals surface area contributed by atoms with Gasteiger partial charge in [-0.25, -0.2) is 4.98 Å². The van der Waals surface area contributed by atoms with E-state index in [1.165, 1.54) is 19.1 Å². The minimum Gasteiger partial charge on any atom is -0.496 e. The van der Waals surface area contributed by atoms with Crippen molar-refractivity contribution in [3.05, 3.63) is 81.2 Å². The molecule has 0 aliphatic carbocycles. The van der Waals surface area contributed by atoms with Gasteiger partial charge in [0.05, 0.1) is 38.4 Å². The lowest BCUT2D eigenvalue weighted by atomic mass is 10.0. The third kappa shape index (κ3) is 6.73. The quantitative estimate of drug-likeness (QED) is 0.295. The number of hydrogen-bond donors (Lipinski definition) is 2. The number of nitrogens with zero attached hydrogens (tertiary/aromatic N) is 4. The Kier molecular flexibility index (Phi) is 8.97. The zero-order valence-corrected chi connectivity index (χ0v) is 25.0. The number of rotatable bonds is 9. The molecule has 1 saturated heterocycles. The summed E-state index contributed by atoms with van der Waals surface area (Å²) >= 11 is 0. The molecule has 5 rings (SSSR count). The first-order valence-corrected chi connectivity index (χ1v) is 14.2. The van der Waals surface area contributed by atoms with Gasteiger partial charge in [-0.2, -0.15) is 13.2 Å². The first-order valence-electron chi connectivity index (χ1n) is 14.2. The van der Waals surface area contributed by atoms with Crippen molar-refractivity contribution in [3.8, 4) is 22.8 Å². The van der Waals surface area contributed by atoms with E-state index in [0.29, 0.717) is 61.2 Å². The Hall–Kier alpha value is -4.36. The number of methoxy groups -OCH3 is 2. The lowest BCUT2D eigenvalue weighted by Gasteiger charge is -2.35. The van der Waals surface area contributed by atoms with Gasteiger partial charge in [-0.1, -0.05) is 0 Å². The van der Waals surface area contributed by atoms with Gasteiger partial charge >= 0.3 is 6.18 Å². The predicted octanol–water partition coefficient (Wildman–Crippen LogP) is 3.93. The Balaban J connectivity index is 1.50. The number of ether oxygens (including phenoxy) is 2. The lowest BCUT2D eigenvalue weighted by Crippen LogP contribution is -2.48. The van der Waals surface area contributed by atoms with Crippen molar-refractivity contribution in [2.45, 2.75) is 33.1 Å². The van der Waals surface area contributed by atoms with Crippen LogP contribution in [0, 0.1) is 13.8 Å². The number of aromatic amines is 1. The van der Waals surface area contributed by atoms with E-state index < -0.39 is 12.7 Å². The lowest BCUT2D eigenvalue weighted by molar-refractivity contribution is -0.149. The fourth-order valence-electron chi connectivity index (χ4n) is 5.64. The topological polar surface area (TPSA) is 104 Å². The standard InChI is InChI=1S/C31H35F3N6O4/c1-19-13-27(43-3)24(30(42)37-19)16-36-29(41)23-15-25-22(21-5-7-35-28(14-21)44-4)6-8-40(25)26(20(23)2)17-38-9-11-39(12-10-38)18-31(32,33)34/h5-8,13-15H,9-12,16-18H2,1-4H3,(H,36,41)(H,37,42). The SMILES string of the molecule is COc1cc(-c2ccn3c(CN4CCN(CC(F)(F)F)CC4)c(C)c(C(=O)NCc4c(OC)cc(C)[nH]c4=O)cc23)ccn1. The fraction of sp³-hybridized carbons (Fsp3) is 0.387. The van der Waals surface area contributed by atoms with Gasteiger partial charge in [0.25, 0.3) is 11.5 Å². The third-order valence-electron chi connectivity index (χ3n) is 7.95. The number of halogens is 3. The molecular weight excluding hydrogens is 577 g/mol. The van der Waals surface area contributed by atoms with Crippen LogP contribution >= 0.6 is 0 Å². The van der Waals surface area contributed by atoms with E-state index in [0.717, 1.165) is 27.9 Å². The number of aromatic nitrogens is 3. The van der Waals surface area contributed by atoms with Crippen molar-refractivity contribution in [1.29, 1.82) is 0 Å². The van der Waals surface area contributed by atoms with E-state index in [9.17, 15) is 22.8 Å². The van der Waals surface area contributed by atoms with Gasteiger partial charge in [0.15, 0.2) is 0 Å². The van der Waals surface area contributed by atoms with E-state index >= 15 is 0 Å². The minimum absolute atomic E-state index is 0.0475. The van der Waals surface area contributed by atoms with Gasteiger partial charge in [-0.15, -0.1) is 0 Å². The maximum absolute atomic E-state index is 13.7. The summed E-state index contributed by atoms with van der Waals surface area (Å²) in [4.78, 5) is 36.8. The van der Waals surface area contributed by atoms with Gasteiger partial charge in [0.2, 0.25) is 5.88 Å². The van der Waals surface area contributed by atoms with Gasteiger partial charge in [-0.3, -0.25) is 19.4 Å². The Morgan fingerprint density at radius 2 is 1.77 bits per heavy atom. The number of aryl methyl sites for hydroxylation is 1. The summed E-state index contributed by atoms with van der Waals surface area (Å²) in [5.74, 6) is 0.452. The molecule has 0 radical (unpaired) electrons. The molecule has 13 heteroatoms. The molecule has 1 aliphatic heterocycles. The average molecular weight is 613 g/mol. The van der Waals surface area contributed by atoms with Crippen LogP contribution in [0.2, 0.25) is 0 Å². The summed E-state index contributed by atoms with van der Waals surface area (Å²) < 4.78 is 51.5. The van der Waals surface area contributed by atoms with Crippen molar-refractivity contribution < 1.29 is 27.4 Å². The molecule has 10 nitrogen and oxygen atoms in total. The van der Waals surface area contributed by atoms with Crippen LogP contribution in [0.25, 0.3) is 16.6 Å². The number of carbonyl (C=O) groups excluding carboxylic acids is 1. The molecule has 0 spiro atoms. The normalized spacial score (nSPS) is 14.6. The molecule has 0 bridgehead atoms. The van der Waals surface area contributed by atoms with Crippen LogP contribution in [0.15, 0.2) is 47.5 Å². The Bertz CT molecular complexity index is 1720. The summed E-state index contributed by atoms with van der Waals surface area (Å²) in [6.07, 6.45) is -0.664. The number of carbonyl (C=O) groups is 1. The number of pyridine rings is 3. The van der Waals surface area contributed by atoms with Crippen molar-refractivity contribution in [2.24, 2.45) is 0 Å². The first kappa shape index (κ1) is 31.1. The molecule has 4 aromatic rings. The number of fused-ring (bicyclic) bond motifs is 1. The van der Waals surface area contributed by atoms with Gasteiger partial charge < -0.3 is 24.2 Å². The van der Waals surface area contributed by atoms with E-state index in [1.54, 1.807) is 19.2 Å². The summed E-state index contributed by atoms with van der Waals surface area (Å²) in [6.45, 7) is 4.57. The van der Waals surface area contributed by atoms with E-state index in [4.69, 9.17) is 9.47 Å². The third-order valence-corrected chi connectivity index (χ3v) is 7.95. The molecule has 0 aromatic carbocycles. The molecule has 5 heterocycles. The Morgan fingerprint density at radius 1 is 1.05 bits per heavy atom. The van der Waals surface area contributed by atoms with E-state index in [1.807, 2.05) is 41.8 Å². The highest BCUT2D eigenvalue weighted by molar-refractivity contribution is 5.98. The van der Waals surface area contributed by atoms with Crippen molar-refractivity contribution >= 4 is 11.4 Å². The number of nitrogens with one attached hydrogen (secondary N) is 2. The molecule has 0 atom stereocenters. The molecule has 2 N–H and O–H groups in total. The van der Waals surface area contributed by atoms with Gasteiger partial charge in [0, 0.05) is 73.7 Å². The van der Waals surface area contributed by atoms with Crippen molar-refractivity contribution in [2.75, 3.05) is 46.9 Å². The predicted molar refractivity (Wildman–Crippen MR) is 159 cm³/mol. The Morgan fingerprint density at radius 3 is 2.45 bits per heavy atom. The monoisotopic (exact) mass is 612 g/mol. The molecule has 0 unspecified atom stereocenters. The summed E-state index contributed by atoms with van der Waals surface area (Å²) in [7, 11) is 3.01. The van der Waals surface area contributed by atoms with E-state index in [2.05, 4.69) is 20.2 Å². The molecule has 1 aliphatic rings. The van der Waals surface area contributed by atoms with E-state index in [-0.39, 0.29) is 18.0 Å². The molecule has 1 fully saturated rings. The van der Waals surface area contributed by atoms with Crippen LogP contribution < -0.4 is 20.3 Å². The zero-order valence-electron chi connectivity index (χ0n) is 25.0. The highest BCUT2D eigenvalue weighted by Crippen LogP contribution is 2.32. The van der Waals surface area contributed by atoms with Crippen LogP contribution in [0.5, 0.6) is 11.6 Å². The molecule has 234 valence electrons. The smallest absolute Gasteiger partial charge is 0.401 e. The highest BCUT2D eigenvalue weighted by Gasteiger charge is 2.32. The van der Waals surface area contributed by atoms with Crippen LogP contribution in [0.4, 0.5) is 13.2 Å². The van der Waals surface area contributed by atoms with Gasteiger partial charge in [0.1, 0.15) is 5.75 Å². The number of amides is 1. The summed E-state index contributed by atoms with van der Waals surface area (Å²) in [6, 6.07) is 9.13. The molecule has 4 aromatic heterocycles. The number of hydrogen-bond acceptors (Lipinski definition) is 7. The largest absolute Gasteiger partial charge is 0.496 e. The fourth-order valence-corrected chi connectivity index (χ4v) is 5.64. The number of H-pyrrole nitrogens is 1. The second-order valence-corrected chi connectivity index (χ2v) is 10.9. The maximum atomic E-state index is 13.7. The second-order valence-electron chi connectivity index (χ2n) is 10.9. The molecule has 44 heavy (non-hydrogen) atoms. The van der Waals surface area contributed by atoms with Crippen LogP contribution in [0.3, 0.4) is 0 Å². The number of piperazine rings is 1. The molecular formula is C31H35F3N6O4. The first-order chi connectivity index (χ1) is 21.0. The molecule has 0 saturated carbocycles. The maximum Gasteiger partial charge on any atom is 0.401 e. The number of alkyl halides is 3. The van der Waals surface area contributed by atoms with Crippen LogP contribution in [-0.4, -0.2) is 83.2 Å². The summed E-state index contributed by atoms with van der Waals surface area (Å²) in [5.41, 5.74) is 5.05. The van der Waals surface area contributed by atoms with Crippen molar-refractivity contribution in [3.63, 3.8) is 0 Å². The van der Waals surface area contributed by atoms with Crippen molar-refractivity contribution in [1.82, 2.24) is 29.5 Å². The Labute approximate surface area is 252 Å². The second kappa shape index (κ2) is 12.7. The molecule has 1 amide bonds. The van der Waals surface area contributed by atoms with Gasteiger partial charge in [-0.05, 0) is 49.2 Å². The van der Waals surface area contributed by atoms with Crippen LogP contribution in [0.1, 0.15) is 32.9 Å². The van der Waals surface area contributed by atoms with Crippen LogP contribution in [-0.2, 0) is 13.1 Å². The summed E-state index contributed by atoms with van der Waals surface area (Å²) in [5, 5.41) is 2.88. The zero-order chi connectivity index (χ0) is 31.6.